The van der Waals surface area contributed by atoms with Gasteiger partial charge >= 0.3 is 0 Å². The number of hydrogen-bond acceptors (Lipinski definition) is 6. The molecule has 7 heteroatoms. The van der Waals surface area contributed by atoms with Crippen molar-refractivity contribution in [2.75, 3.05) is 12.3 Å². The molecular formula is C9H11N5O2. The topological polar surface area (TPSA) is 99.1 Å². The highest BCUT2D eigenvalue weighted by molar-refractivity contribution is 5.81. The van der Waals surface area contributed by atoms with Crippen molar-refractivity contribution in [2.45, 2.75) is 18.8 Å². The zero-order chi connectivity index (χ0) is 11.1. The van der Waals surface area contributed by atoms with Crippen molar-refractivity contribution in [3.8, 4) is 0 Å². The van der Waals surface area contributed by atoms with Gasteiger partial charge in [-0.25, -0.2) is 15.0 Å². The van der Waals surface area contributed by atoms with E-state index in [1.165, 1.54) is 6.33 Å². The second-order valence-corrected chi connectivity index (χ2v) is 3.76. The zero-order valence-electron chi connectivity index (χ0n) is 8.45. The molecule has 7 nitrogen and oxygen atoms in total. The molecule has 1 aliphatic heterocycles. The minimum atomic E-state index is -0.429. The number of aliphatic hydroxyl groups is 1. The summed E-state index contributed by atoms with van der Waals surface area (Å²) < 4.78 is 7.20. The SMILES string of the molecule is Nc1ncnc2c1ncn2[C@H]1C[C@H](O)CO1. The molecule has 3 N–H and O–H groups in total. The minimum absolute atomic E-state index is 0.228. The van der Waals surface area contributed by atoms with Crippen molar-refractivity contribution in [1.29, 1.82) is 0 Å². The summed E-state index contributed by atoms with van der Waals surface area (Å²) in [5.41, 5.74) is 6.87. The van der Waals surface area contributed by atoms with Crippen molar-refractivity contribution >= 4 is 17.0 Å². The molecule has 1 saturated heterocycles. The average Bonchev–Trinajstić information content (AvgIpc) is 2.84. The summed E-state index contributed by atoms with van der Waals surface area (Å²) in [6.07, 6.45) is 2.88. The largest absolute Gasteiger partial charge is 0.391 e. The highest BCUT2D eigenvalue weighted by Crippen LogP contribution is 2.27. The molecule has 0 unspecified atom stereocenters. The van der Waals surface area contributed by atoms with Gasteiger partial charge in [0.2, 0.25) is 0 Å². The van der Waals surface area contributed by atoms with Gasteiger partial charge in [0, 0.05) is 6.42 Å². The van der Waals surface area contributed by atoms with Crippen LogP contribution in [0.15, 0.2) is 12.7 Å². The fraction of sp³-hybridized carbons (Fsp3) is 0.444. The molecule has 0 radical (unpaired) electrons. The predicted molar refractivity (Wildman–Crippen MR) is 55.3 cm³/mol. The summed E-state index contributed by atoms with van der Waals surface area (Å²) in [5, 5.41) is 9.41. The Balaban J connectivity index is 2.08. The van der Waals surface area contributed by atoms with Crippen LogP contribution in [0.5, 0.6) is 0 Å². The molecule has 0 bridgehead atoms. The van der Waals surface area contributed by atoms with Crippen molar-refractivity contribution in [3.05, 3.63) is 12.7 Å². The molecule has 0 aromatic carbocycles. The van der Waals surface area contributed by atoms with E-state index in [1.807, 2.05) is 0 Å². The molecule has 3 rings (SSSR count). The number of rotatable bonds is 1. The number of anilines is 1. The number of fused-ring (bicyclic) bond motifs is 1. The van der Waals surface area contributed by atoms with E-state index in [0.29, 0.717) is 30.0 Å². The first-order valence-corrected chi connectivity index (χ1v) is 4.98. The Morgan fingerprint density at radius 3 is 3.06 bits per heavy atom. The Hall–Kier alpha value is -1.73. The van der Waals surface area contributed by atoms with Gasteiger partial charge in [0.05, 0.1) is 19.0 Å². The number of aromatic nitrogens is 4. The lowest BCUT2D eigenvalue weighted by molar-refractivity contribution is 0.0502. The minimum Gasteiger partial charge on any atom is -0.391 e. The van der Waals surface area contributed by atoms with Crippen LogP contribution < -0.4 is 5.73 Å². The van der Waals surface area contributed by atoms with E-state index in [9.17, 15) is 5.11 Å². The van der Waals surface area contributed by atoms with E-state index >= 15 is 0 Å². The highest BCUT2D eigenvalue weighted by atomic mass is 16.5. The maximum Gasteiger partial charge on any atom is 0.167 e. The van der Waals surface area contributed by atoms with Crippen LogP contribution in [0, 0.1) is 0 Å². The highest BCUT2D eigenvalue weighted by Gasteiger charge is 2.26. The van der Waals surface area contributed by atoms with Crippen LogP contribution >= 0.6 is 0 Å². The molecule has 2 aromatic rings. The van der Waals surface area contributed by atoms with Gasteiger partial charge in [-0.3, -0.25) is 4.57 Å². The predicted octanol–water partition coefficient (Wildman–Crippen LogP) is -0.312. The number of aliphatic hydroxyl groups excluding tert-OH is 1. The molecule has 84 valence electrons. The van der Waals surface area contributed by atoms with E-state index < -0.39 is 6.10 Å². The number of nitrogens with zero attached hydrogens (tertiary/aromatic N) is 4. The van der Waals surface area contributed by atoms with Gasteiger partial charge in [-0.05, 0) is 0 Å². The third-order valence-corrected chi connectivity index (χ3v) is 2.65. The molecule has 2 aromatic heterocycles. The van der Waals surface area contributed by atoms with Gasteiger partial charge in [-0.2, -0.15) is 0 Å². The summed E-state index contributed by atoms with van der Waals surface area (Å²) in [5.74, 6) is 0.349. The van der Waals surface area contributed by atoms with E-state index in [1.54, 1.807) is 10.9 Å². The van der Waals surface area contributed by atoms with E-state index in [-0.39, 0.29) is 6.23 Å². The van der Waals surface area contributed by atoms with Crippen LogP contribution in [-0.2, 0) is 4.74 Å². The Labute approximate surface area is 90.9 Å². The summed E-state index contributed by atoms with van der Waals surface area (Å²) in [6, 6.07) is 0. The van der Waals surface area contributed by atoms with Crippen LogP contribution in [-0.4, -0.2) is 37.3 Å². The molecule has 3 heterocycles. The third-order valence-electron chi connectivity index (χ3n) is 2.65. The lowest BCUT2D eigenvalue weighted by Crippen LogP contribution is -2.08. The lowest BCUT2D eigenvalue weighted by Gasteiger charge is -2.10. The summed E-state index contributed by atoms with van der Waals surface area (Å²) in [6.45, 7) is 0.338. The Bertz CT molecular complexity index is 526. The van der Waals surface area contributed by atoms with Gasteiger partial charge < -0.3 is 15.6 Å². The fourth-order valence-electron chi connectivity index (χ4n) is 1.87. The molecular weight excluding hydrogens is 210 g/mol. The first-order chi connectivity index (χ1) is 7.75. The van der Waals surface area contributed by atoms with Crippen LogP contribution in [0.2, 0.25) is 0 Å². The quantitative estimate of drug-likeness (QED) is 0.685. The van der Waals surface area contributed by atoms with Crippen LogP contribution in [0.1, 0.15) is 12.6 Å². The van der Waals surface area contributed by atoms with Gasteiger partial charge in [0.25, 0.3) is 0 Å². The summed E-state index contributed by atoms with van der Waals surface area (Å²) >= 11 is 0. The maximum absolute atomic E-state index is 9.41. The second kappa shape index (κ2) is 3.39. The summed E-state index contributed by atoms with van der Waals surface area (Å²) in [4.78, 5) is 12.1. The van der Waals surface area contributed by atoms with Crippen molar-refractivity contribution < 1.29 is 9.84 Å². The Morgan fingerprint density at radius 2 is 2.31 bits per heavy atom. The number of imidazole rings is 1. The molecule has 2 atom stereocenters. The van der Waals surface area contributed by atoms with Crippen molar-refractivity contribution in [3.63, 3.8) is 0 Å². The number of nitrogens with two attached hydrogens (primary N) is 1. The van der Waals surface area contributed by atoms with Gasteiger partial charge in [-0.15, -0.1) is 0 Å². The van der Waals surface area contributed by atoms with E-state index in [4.69, 9.17) is 10.5 Å². The normalized spacial score (nSPS) is 25.3. The average molecular weight is 221 g/mol. The van der Waals surface area contributed by atoms with Crippen LogP contribution in [0.3, 0.4) is 0 Å². The monoisotopic (exact) mass is 221 g/mol. The van der Waals surface area contributed by atoms with E-state index in [2.05, 4.69) is 15.0 Å². The van der Waals surface area contributed by atoms with Crippen molar-refractivity contribution in [2.24, 2.45) is 0 Å². The number of ether oxygens (including phenoxy) is 1. The van der Waals surface area contributed by atoms with Crippen molar-refractivity contribution in [1.82, 2.24) is 19.5 Å². The first-order valence-electron chi connectivity index (χ1n) is 4.98. The smallest absolute Gasteiger partial charge is 0.167 e. The zero-order valence-corrected chi connectivity index (χ0v) is 8.45. The first kappa shape index (κ1) is 9.49. The lowest BCUT2D eigenvalue weighted by atomic mass is 10.3. The molecule has 0 aliphatic carbocycles. The number of hydrogen-bond donors (Lipinski definition) is 2. The van der Waals surface area contributed by atoms with Gasteiger partial charge in [0.1, 0.15) is 18.1 Å². The third kappa shape index (κ3) is 1.33. The van der Waals surface area contributed by atoms with E-state index in [0.717, 1.165) is 0 Å². The Morgan fingerprint density at radius 1 is 1.44 bits per heavy atom. The molecule has 1 aliphatic rings. The second-order valence-electron chi connectivity index (χ2n) is 3.76. The molecule has 1 fully saturated rings. The standard InChI is InChI=1S/C9H11N5O2/c10-8-7-9(12-3-11-8)14(4-13-7)6-1-5(15)2-16-6/h3-6,15H,1-2H2,(H2,10,11,12)/t5-,6+/m0/s1. The molecule has 16 heavy (non-hydrogen) atoms. The van der Waals surface area contributed by atoms with Gasteiger partial charge in [-0.1, -0.05) is 0 Å². The van der Waals surface area contributed by atoms with Crippen LogP contribution in [0.4, 0.5) is 5.82 Å². The Kier molecular flexibility index (Phi) is 2.01. The molecule has 0 spiro atoms. The number of nitrogen functional groups attached to an aromatic ring is 1. The fourth-order valence-corrected chi connectivity index (χ4v) is 1.87. The van der Waals surface area contributed by atoms with Gasteiger partial charge in [0.15, 0.2) is 11.5 Å². The van der Waals surface area contributed by atoms with Crippen LogP contribution in [0.25, 0.3) is 11.2 Å². The molecule has 0 amide bonds. The maximum atomic E-state index is 9.41. The summed E-state index contributed by atoms with van der Waals surface area (Å²) in [7, 11) is 0. The molecule has 0 saturated carbocycles.